The number of aldehydes is 1. The fourth-order valence-electron chi connectivity index (χ4n) is 0.981. The lowest BCUT2D eigenvalue weighted by Gasteiger charge is -2.07. The summed E-state index contributed by atoms with van der Waals surface area (Å²) in [5.74, 6) is 0. The molecular weight excluding hydrogens is 305 g/mol. The lowest BCUT2D eigenvalue weighted by atomic mass is 10.2. The van der Waals surface area contributed by atoms with Gasteiger partial charge in [-0.2, -0.15) is 0 Å². The Kier molecular flexibility index (Phi) is 3.87. The van der Waals surface area contributed by atoms with Gasteiger partial charge in [0.05, 0.1) is 11.3 Å². The highest BCUT2D eigenvalue weighted by Crippen LogP contribution is 2.24. The Bertz CT molecular complexity index is 357. The topological polar surface area (TPSA) is 56.0 Å². The number of hydrogen-bond donors (Lipinski definition) is 1. The van der Waals surface area contributed by atoms with Crippen LogP contribution in [-0.2, 0) is 6.54 Å². The molecule has 2 N–H and O–H groups in total. The average Bonchev–Trinajstić information content (AvgIpc) is 2.16. The summed E-state index contributed by atoms with van der Waals surface area (Å²) in [4.78, 5) is 14.2. The van der Waals surface area contributed by atoms with Crippen molar-refractivity contribution in [2.45, 2.75) is 13.0 Å². The van der Waals surface area contributed by atoms with Crippen LogP contribution in [0.15, 0.2) is 6.07 Å². The second-order valence-electron chi connectivity index (χ2n) is 2.52. The first kappa shape index (κ1) is 11.4. The minimum atomic E-state index is -2.75. The molecule has 0 atom stereocenters. The van der Waals surface area contributed by atoms with Gasteiger partial charge in [0.1, 0.15) is 5.69 Å². The molecule has 3 nitrogen and oxygen atoms in total. The van der Waals surface area contributed by atoms with Crippen molar-refractivity contribution in [2.75, 3.05) is 0 Å². The fourth-order valence-corrected chi connectivity index (χ4v) is 1.74. The van der Waals surface area contributed by atoms with Gasteiger partial charge in [0, 0.05) is 10.1 Å². The normalized spacial score (nSPS) is 10.6. The molecule has 0 saturated carbocycles. The van der Waals surface area contributed by atoms with E-state index < -0.39 is 12.1 Å². The van der Waals surface area contributed by atoms with Gasteiger partial charge in [0.2, 0.25) is 0 Å². The quantitative estimate of drug-likeness (QED) is 0.685. The van der Waals surface area contributed by atoms with Crippen molar-refractivity contribution in [1.82, 2.24) is 4.98 Å². The number of alkyl halides is 2. The van der Waals surface area contributed by atoms with Crippen LogP contribution in [0.1, 0.15) is 28.2 Å². The summed E-state index contributed by atoms with van der Waals surface area (Å²) in [5.41, 5.74) is 5.09. The Morgan fingerprint density at radius 2 is 2.29 bits per heavy atom. The Balaban J connectivity index is 3.35. The number of halogens is 3. The van der Waals surface area contributed by atoms with Crippen LogP contribution in [0.4, 0.5) is 8.78 Å². The molecule has 0 saturated heterocycles. The predicted molar refractivity (Wildman–Crippen MR) is 55.2 cm³/mol. The maximum absolute atomic E-state index is 12.4. The van der Waals surface area contributed by atoms with Crippen LogP contribution in [0.3, 0.4) is 0 Å². The fraction of sp³-hybridized carbons (Fsp3) is 0.250. The zero-order chi connectivity index (χ0) is 10.7. The number of carbonyl (C=O) groups excluding carboxylic acids is 1. The Labute approximate surface area is 92.8 Å². The summed E-state index contributed by atoms with van der Waals surface area (Å²) in [6.07, 6.45) is -2.37. The molecule has 76 valence electrons. The molecule has 6 heteroatoms. The second kappa shape index (κ2) is 4.74. The van der Waals surface area contributed by atoms with Crippen LogP contribution < -0.4 is 5.73 Å². The zero-order valence-electron chi connectivity index (χ0n) is 7.01. The van der Waals surface area contributed by atoms with Crippen molar-refractivity contribution >= 4 is 28.9 Å². The maximum Gasteiger partial charge on any atom is 0.281 e. The third-order valence-corrected chi connectivity index (χ3v) is 2.52. The first-order valence-electron chi connectivity index (χ1n) is 3.72. The van der Waals surface area contributed by atoms with E-state index >= 15 is 0 Å². The molecule has 1 heterocycles. The van der Waals surface area contributed by atoms with E-state index in [-0.39, 0.29) is 12.1 Å². The van der Waals surface area contributed by atoms with Crippen molar-refractivity contribution in [3.63, 3.8) is 0 Å². The van der Waals surface area contributed by atoms with Gasteiger partial charge in [-0.15, -0.1) is 0 Å². The van der Waals surface area contributed by atoms with Crippen molar-refractivity contribution in [1.29, 1.82) is 0 Å². The minimum absolute atomic E-state index is 0.0576. The molecule has 0 aliphatic rings. The van der Waals surface area contributed by atoms with Gasteiger partial charge in [0.25, 0.3) is 6.43 Å². The number of nitrogens with two attached hydrogens (primary N) is 1. The smallest absolute Gasteiger partial charge is 0.281 e. The molecule has 0 fully saturated rings. The summed E-state index contributed by atoms with van der Waals surface area (Å²) in [6.45, 7) is 0.0782. The van der Waals surface area contributed by atoms with Crippen LogP contribution in [0, 0.1) is 3.57 Å². The van der Waals surface area contributed by atoms with E-state index in [1.54, 1.807) is 0 Å². The number of rotatable bonds is 3. The van der Waals surface area contributed by atoms with Gasteiger partial charge in [-0.1, -0.05) is 0 Å². The summed E-state index contributed by atoms with van der Waals surface area (Å²) in [5, 5.41) is 0. The monoisotopic (exact) mass is 312 g/mol. The second-order valence-corrected chi connectivity index (χ2v) is 3.68. The van der Waals surface area contributed by atoms with E-state index in [1.165, 1.54) is 6.07 Å². The molecule has 0 aliphatic carbocycles. The largest absolute Gasteiger partial charge is 0.325 e. The van der Waals surface area contributed by atoms with E-state index in [0.717, 1.165) is 0 Å². The third-order valence-electron chi connectivity index (χ3n) is 1.62. The molecule has 14 heavy (non-hydrogen) atoms. The van der Waals surface area contributed by atoms with E-state index in [9.17, 15) is 13.6 Å². The van der Waals surface area contributed by atoms with Crippen molar-refractivity contribution in [3.05, 3.63) is 26.6 Å². The molecule has 1 aromatic heterocycles. The molecule has 0 amide bonds. The first-order chi connectivity index (χ1) is 6.60. The third kappa shape index (κ3) is 2.24. The summed E-state index contributed by atoms with van der Waals surface area (Å²) in [7, 11) is 0. The predicted octanol–water partition coefficient (Wildman–Crippen LogP) is 1.89. The van der Waals surface area contributed by atoms with Gasteiger partial charge in [0.15, 0.2) is 6.29 Å². The summed E-state index contributed by atoms with van der Waals surface area (Å²) in [6, 6.07) is 1.52. The van der Waals surface area contributed by atoms with E-state index in [1.807, 2.05) is 22.6 Å². The van der Waals surface area contributed by atoms with Gasteiger partial charge in [-0.05, 0) is 28.7 Å². The van der Waals surface area contributed by atoms with Crippen molar-refractivity contribution in [2.24, 2.45) is 5.73 Å². The Morgan fingerprint density at radius 3 is 2.71 bits per heavy atom. The van der Waals surface area contributed by atoms with E-state index in [4.69, 9.17) is 5.73 Å². The SMILES string of the molecule is NCc1cc(I)c(C=O)c(C(F)F)n1. The molecular formula is C8H7F2IN2O. The Morgan fingerprint density at radius 1 is 1.64 bits per heavy atom. The van der Waals surface area contributed by atoms with Crippen molar-refractivity contribution in [3.8, 4) is 0 Å². The average molecular weight is 312 g/mol. The standard InChI is InChI=1S/C8H7F2IN2O/c9-8(10)7-5(3-14)6(11)1-4(2-12)13-7/h1,3,8H,2,12H2. The van der Waals surface area contributed by atoms with Gasteiger partial charge in [-0.3, -0.25) is 4.79 Å². The van der Waals surface area contributed by atoms with Crippen LogP contribution in [0.25, 0.3) is 0 Å². The van der Waals surface area contributed by atoms with Gasteiger partial charge < -0.3 is 5.73 Å². The van der Waals surface area contributed by atoms with Crippen LogP contribution in [0.5, 0.6) is 0 Å². The van der Waals surface area contributed by atoms with Gasteiger partial charge >= 0.3 is 0 Å². The number of hydrogen-bond acceptors (Lipinski definition) is 3. The van der Waals surface area contributed by atoms with Crippen LogP contribution in [-0.4, -0.2) is 11.3 Å². The first-order valence-corrected chi connectivity index (χ1v) is 4.80. The lowest BCUT2D eigenvalue weighted by molar-refractivity contribution is 0.110. The highest BCUT2D eigenvalue weighted by atomic mass is 127. The maximum atomic E-state index is 12.4. The van der Waals surface area contributed by atoms with E-state index in [2.05, 4.69) is 4.98 Å². The molecule has 1 rings (SSSR count). The number of carbonyl (C=O) groups is 1. The molecule has 0 radical (unpaired) electrons. The summed E-state index contributed by atoms with van der Waals surface area (Å²) >= 11 is 1.81. The van der Waals surface area contributed by atoms with Gasteiger partial charge in [-0.25, -0.2) is 13.8 Å². The Hall–Kier alpha value is -0.630. The number of nitrogens with zero attached hydrogens (tertiary/aromatic N) is 1. The van der Waals surface area contributed by atoms with E-state index in [0.29, 0.717) is 15.6 Å². The molecule has 0 aliphatic heterocycles. The van der Waals surface area contributed by atoms with Crippen LogP contribution in [0.2, 0.25) is 0 Å². The molecule has 0 aromatic carbocycles. The number of aromatic nitrogens is 1. The molecule has 0 unspecified atom stereocenters. The lowest BCUT2D eigenvalue weighted by Crippen LogP contribution is -2.07. The molecule has 0 spiro atoms. The number of pyridine rings is 1. The van der Waals surface area contributed by atoms with Crippen LogP contribution >= 0.6 is 22.6 Å². The minimum Gasteiger partial charge on any atom is -0.325 e. The highest BCUT2D eigenvalue weighted by molar-refractivity contribution is 14.1. The highest BCUT2D eigenvalue weighted by Gasteiger charge is 2.18. The molecule has 0 bridgehead atoms. The van der Waals surface area contributed by atoms with Crippen molar-refractivity contribution < 1.29 is 13.6 Å². The molecule has 1 aromatic rings. The summed E-state index contributed by atoms with van der Waals surface area (Å²) < 4.78 is 25.3. The zero-order valence-corrected chi connectivity index (χ0v) is 9.16.